The average molecular weight is 193 g/mol. The molecule has 0 aromatic rings. The van der Waals surface area contributed by atoms with E-state index in [1.54, 1.807) is 6.08 Å². The van der Waals surface area contributed by atoms with E-state index in [4.69, 9.17) is 0 Å². The molecule has 0 aliphatic heterocycles. The van der Waals surface area contributed by atoms with Crippen molar-refractivity contribution in [3.63, 3.8) is 0 Å². The van der Waals surface area contributed by atoms with Crippen LogP contribution in [-0.2, 0) is 4.79 Å². The van der Waals surface area contributed by atoms with Crippen molar-refractivity contribution in [2.75, 3.05) is 0 Å². The zero-order valence-corrected chi connectivity index (χ0v) is 8.80. The number of rotatable bonds is 1. The van der Waals surface area contributed by atoms with Crippen LogP contribution in [0.3, 0.4) is 0 Å². The Balaban J connectivity index is 2.44. The number of carbonyl (C=O) groups excluding carboxylic acids is 1. The summed E-state index contributed by atoms with van der Waals surface area (Å²) < 4.78 is 0. The lowest BCUT2D eigenvalue weighted by molar-refractivity contribution is 0.563. The van der Waals surface area contributed by atoms with Crippen LogP contribution in [0.2, 0.25) is 0 Å². The number of nitrogens with zero attached hydrogens (tertiary/aromatic N) is 1. The quantitative estimate of drug-likeness (QED) is 0.461. The molecule has 0 saturated carbocycles. The fraction of sp³-hybridized carbons (Fsp3) is 0.750. The summed E-state index contributed by atoms with van der Waals surface area (Å²) in [6.07, 6.45) is 14.8. The second-order valence-electron chi connectivity index (χ2n) is 3.91. The van der Waals surface area contributed by atoms with E-state index in [9.17, 15) is 4.79 Å². The maximum Gasteiger partial charge on any atom is 0.240 e. The summed E-state index contributed by atoms with van der Waals surface area (Å²) in [7, 11) is 0. The van der Waals surface area contributed by atoms with Gasteiger partial charge >= 0.3 is 0 Å². The van der Waals surface area contributed by atoms with Crippen LogP contribution in [0.4, 0.5) is 0 Å². The topological polar surface area (TPSA) is 29.4 Å². The van der Waals surface area contributed by atoms with Crippen LogP contribution in [0, 0.1) is 0 Å². The van der Waals surface area contributed by atoms with E-state index >= 15 is 0 Å². The summed E-state index contributed by atoms with van der Waals surface area (Å²) in [4.78, 5) is 13.9. The SMILES string of the molecule is O=C=N/C1=C/CCCCCCCCC1. The van der Waals surface area contributed by atoms with Crippen molar-refractivity contribution in [1.29, 1.82) is 0 Å². The molecule has 0 bridgehead atoms. The van der Waals surface area contributed by atoms with E-state index in [1.165, 1.54) is 38.5 Å². The zero-order chi connectivity index (χ0) is 10.1. The van der Waals surface area contributed by atoms with Gasteiger partial charge in [0.05, 0.1) is 0 Å². The molecule has 2 nitrogen and oxygen atoms in total. The molecular formula is C12H19NO. The predicted octanol–water partition coefficient (Wildman–Crippen LogP) is 3.73. The van der Waals surface area contributed by atoms with Gasteiger partial charge in [0.1, 0.15) is 0 Å². The summed E-state index contributed by atoms with van der Waals surface area (Å²) >= 11 is 0. The molecule has 0 N–H and O–H groups in total. The van der Waals surface area contributed by atoms with Crippen LogP contribution in [0.1, 0.15) is 57.8 Å². The number of allylic oxidation sites excluding steroid dienone is 2. The van der Waals surface area contributed by atoms with Crippen molar-refractivity contribution in [3.05, 3.63) is 11.8 Å². The Morgan fingerprint density at radius 3 is 2.36 bits per heavy atom. The highest BCUT2D eigenvalue weighted by Crippen LogP contribution is 2.16. The molecule has 0 amide bonds. The minimum absolute atomic E-state index is 0.946. The van der Waals surface area contributed by atoms with E-state index in [2.05, 4.69) is 11.1 Å². The van der Waals surface area contributed by atoms with Crippen LogP contribution in [0.5, 0.6) is 0 Å². The van der Waals surface area contributed by atoms with Gasteiger partial charge in [-0.15, -0.1) is 0 Å². The minimum Gasteiger partial charge on any atom is -0.211 e. The van der Waals surface area contributed by atoms with Gasteiger partial charge in [-0.05, 0) is 25.7 Å². The molecule has 1 rings (SSSR count). The second kappa shape index (κ2) is 7.52. The first-order valence-corrected chi connectivity index (χ1v) is 5.70. The summed E-state index contributed by atoms with van der Waals surface area (Å²) in [6.45, 7) is 0. The van der Waals surface area contributed by atoms with Crippen molar-refractivity contribution in [3.8, 4) is 0 Å². The molecule has 0 atom stereocenters. The van der Waals surface area contributed by atoms with Crippen molar-refractivity contribution >= 4 is 6.08 Å². The highest BCUT2D eigenvalue weighted by molar-refractivity contribution is 5.36. The van der Waals surface area contributed by atoms with E-state index in [0.717, 1.165) is 25.0 Å². The fourth-order valence-electron chi connectivity index (χ4n) is 1.87. The second-order valence-corrected chi connectivity index (χ2v) is 3.91. The molecule has 0 spiro atoms. The zero-order valence-electron chi connectivity index (χ0n) is 8.80. The first-order chi connectivity index (χ1) is 6.93. The van der Waals surface area contributed by atoms with E-state index in [1.807, 2.05) is 0 Å². The van der Waals surface area contributed by atoms with E-state index in [-0.39, 0.29) is 0 Å². The Labute approximate surface area is 86.1 Å². The molecular weight excluding hydrogens is 174 g/mol. The van der Waals surface area contributed by atoms with Crippen molar-refractivity contribution in [2.45, 2.75) is 57.8 Å². The third-order valence-electron chi connectivity index (χ3n) is 2.71. The Kier molecular flexibility index (Phi) is 6.01. The van der Waals surface area contributed by atoms with Gasteiger partial charge in [-0.2, -0.15) is 4.99 Å². The number of isocyanates is 1. The van der Waals surface area contributed by atoms with E-state index < -0.39 is 0 Å². The Morgan fingerprint density at radius 2 is 1.64 bits per heavy atom. The number of hydrogen-bond acceptors (Lipinski definition) is 2. The van der Waals surface area contributed by atoms with Gasteiger partial charge in [0.25, 0.3) is 0 Å². The Morgan fingerprint density at radius 1 is 1.00 bits per heavy atom. The molecule has 1 aliphatic rings. The predicted molar refractivity (Wildman–Crippen MR) is 57.8 cm³/mol. The number of hydrogen-bond donors (Lipinski definition) is 0. The van der Waals surface area contributed by atoms with Crippen molar-refractivity contribution in [1.82, 2.24) is 0 Å². The van der Waals surface area contributed by atoms with Gasteiger partial charge in [0.2, 0.25) is 6.08 Å². The standard InChI is InChI=1S/C12H19NO/c14-11-13-12-9-7-5-3-1-2-4-6-8-10-12/h9H,1-8,10H2/b12-9+. The normalized spacial score (nSPS) is 23.9. The first kappa shape index (κ1) is 11.2. The lowest BCUT2D eigenvalue weighted by atomic mass is 10.1. The monoisotopic (exact) mass is 193 g/mol. The van der Waals surface area contributed by atoms with Gasteiger partial charge in [0, 0.05) is 5.70 Å². The first-order valence-electron chi connectivity index (χ1n) is 5.70. The van der Waals surface area contributed by atoms with Gasteiger partial charge in [0.15, 0.2) is 0 Å². The van der Waals surface area contributed by atoms with Crippen LogP contribution >= 0.6 is 0 Å². The van der Waals surface area contributed by atoms with Crippen molar-refractivity contribution in [2.24, 2.45) is 4.99 Å². The van der Waals surface area contributed by atoms with E-state index in [0.29, 0.717) is 0 Å². The highest BCUT2D eigenvalue weighted by Gasteiger charge is 1.98. The molecule has 0 fully saturated rings. The summed E-state index contributed by atoms with van der Waals surface area (Å²) in [6, 6.07) is 0. The molecule has 2 heteroatoms. The molecule has 78 valence electrons. The van der Waals surface area contributed by atoms with Crippen LogP contribution < -0.4 is 0 Å². The Hall–Kier alpha value is -0.880. The Bertz CT molecular complexity index is 226. The molecule has 14 heavy (non-hydrogen) atoms. The van der Waals surface area contributed by atoms with Gasteiger partial charge in [-0.3, -0.25) is 0 Å². The summed E-state index contributed by atoms with van der Waals surface area (Å²) in [5.74, 6) is 0. The largest absolute Gasteiger partial charge is 0.240 e. The maximum atomic E-state index is 10.2. The van der Waals surface area contributed by atoms with Crippen LogP contribution in [0.15, 0.2) is 16.8 Å². The molecule has 0 aromatic carbocycles. The lowest BCUT2D eigenvalue weighted by Gasteiger charge is -1.99. The third kappa shape index (κ3) is 4.98. The summed E-state index contributed by atoms with van der Waals surface area (Å²) in [5, 5.41) is 0. The minimum atomic E-state index is 0.946. The highest BCUT2D eigenvalue weighted by atomic mass is 16.1. The molecule has 0 saturated heterocycles. The average Bonchev–Trinajstić information content (AvgIpc) is 2.24. The van der Waals surface area contributed by atoms with Gasteiger partial charge < -0.3 is 0 Å². The van der Waals surface area contributed by atoms with Crippen LogP contribution in [0.25, 0.3) is 0 Å². The fourth-order valence-corrected chi connectivity index (χ4v) is 1.87. The molecule has 0 radical (unpaired) electrons. The molecule has 0 aromatic heterocycles. The maximum absolute atomic E-state index is 10.2. The van der Waals surface area contributed by atoms with Gasteiger partial charge in [-0.25, -0.2) is 4.79 Å². The van der Waals surface area contributed by atoms with Gasteiger partial charge in [-0.1, -0.05) is 38.2 Å². The van der Waals surface area contributed by atoms with Crippen molar-refractivity contribution < 1.29 is 4.79 Å². The molecule has 0 heterocycles. The molecule has 0 unspecified atom stereocenters. The molecule has 1 aliphatic carbocycles. The number of aliphatic imine (C=N–C) groups is 1. The van der Waals surface area contributed by atoms with Crippen LogP contribution in [-0.4, -0.2) is 6.08 Å². The summed E-state index contributed by atoms with van der Waals surface area (Å²) in [5.41, 5.74) is 0.946. The smallest absolute Gasteiger partial charge is 0.211 e. The lowest BCUT2D eigenvalue weighted by Crippen LogP contribution is -1.81. The third-order valence-corrected chi connectivity index (χ3v) is 2.71.